The van der Waals surface area contributed by atoms with Crippen LogP contribution in [0.25, 0.3) is 11.0 Å². The Labute approximate surface area is 160 Å². The molecule has 0 aliphatic carbocycles. The Kier molecular flexibility index (Phi) is 5.91. The van der Waals surface area contributed by atoms with Crippen molar-refractivity contribution in [2.75, 3.05) is 18.2 Å². The first-order valence-electron chi connectivity index (χ1n) is 9.45. The number of fused-ring (bicyclic) bond motifs is 1. The number of aryl methyl sites for hydroxylation is 3. The van der Waals surface area contributed by atoms with Crippen LogP contribution >= 0.6 is 0 Å². The molecule has 1 amide bonds. The Hall–Kier alpha value is -2.66. The molecule has 0 N–H and O–H groups in total. The topological polar surface area (TPSA) is 47.4 Å². The predicted octanol–water partition coefficient (Wildman–Crippen LogP) is 4.24. The van der Waals surface area contributed by atoms with Gasteiger partial charge in [-0.1, -0.05) is 37.3 Å². The molecule has 5 heteroatoms. The van der Waals surface area contributed by atoms with Crippen LogP contribution in [0.5, 0.6) is 0 Å². The number of hydrogen-bond donors (Lipinski definition) is 0. The van der Waals surface area contributed by atoms with E-state index in [0.29, 0.717) is 6.61 Å². The van der Waals surface area contributed by atoms with Crippen LogP contribution in [0, 0.1) is 13.8 Å². The number of para-hydroxylation sites is 3. The fourth-order valence-electron chi connectivity index (χ4n) is 3.45. The second-order valence-electron chi connectivity index (χ2n) is 6.61. The summed E-state index contributed by atoms with van der Waals surface area (Å²) in [6, 6.07) is 14.1. The minimum Gasteiger partial charge on any atom is -0.361 e. The Bertz CT molecular complexity index is 946. The monoisotopic (exact) mass is 365 g/mol. The summed E-state index contributed by atoms with van der Waals surface area (Å²) < 4.78 is 7.62. The third-order valence-corrected chi connectivity index (χ3v) is 4.84. The van der Waals surface area contributed by atoms with Crippen molar-refractivity contribution in [3.63, 3.8) is 0 Å². The van der Waals surface area contributed by atoms with Gasteiger partial charge < -0.3 is 9.30 Å². The second-order valence-corrected chi connectivity index (χ2v) is 6.61. The molecule has 2 aromatic carbocycles. The summed E-state index contributed by atoms with van der Waals surface area (Å²) >= 11 is 0. The molecule has 3 aromatic rings. The van der Waals surface area contributed by atoms with Gasteiger partial charge in [-0.2, -0.15) is 0 Å². The summed E-state index contributed by atoms with van der Waals surface area (Å²) in [6.07, 6.45) is 0.861. The molecular weight excluding hydrogens is 338 g/mol. The smallest absolute Gasteiger partial charge is 0.248 e. The predicted molar refractivity (Wildman–Crippen MR) is 109 cm³/mol. The molecule has 3 rings (SSSR count). The van der Waals surface area contributed by atoms with Gasteiger partial charge in [0.1, 0.15) is 19.1 Å². The minimum absolute atomic E-state index is 0.00120. The number of rotatable bonds is 7. The van der Waals surface area contributed by atoms with Gasteiger partial charge in [0.2, 0.25) is 5.91 Å². The SMILES string of the molecule is CCOCN(C(=O)Cn1c(C)nc2ccccc21)c1c(C)cccc1CC. The van der Waals surface area contributed by atoms with Gasteiger partial charge in [-0.05, 0) is 50.5 Å². The van der Waals surface area contributed by atoms with Gasteiger partial charge in [-0.25, -0.2) is 4.98 Å². The average Bonchev–Trinajstić information content (AvgIpc) is 2.98. The van der Waals surface area contributed by atoms with E-state index in [9.17, 15) is 4.79 Å². The molecule has 0 spiro atoms. The van der Waals surface area contributed by atoms with E-state index in [2.05, 4.69) is 18.0 Å². The highest BCUT2D eigenvalue weighted by molar-refractivity contribution is 5.95. The lowest BCUT2D eigenvalue weighted by Crippen LogP contribution is -2.37. The second kappa shape index (κ2) is 8.35. The molecule has 0 atom stereocenters. The Morgan fingerprint density at radius 1 is 1.11 bits per heavy atom. The molecule has 0 unspecified atom stereocenters. The summed E-state index contributed by atoms with van der Waals surface area (Å²) in [5, 5.41) is 0. The van der Waals surface area contributed by atoms with E-state index in [-0.39, 0.29) is 19.2 Å². The molecule has 0 saturated carbocycles. The van der Waals surface area contributed by atoms with E-state index in [4.69, 9.17) is 4.74 Å². The Balaban J connectivity index is 1.98. The summed E-state index contributed by atoms with van der Waals surface area (Å²) in [7, 11) is 0. The lowest BCUT2D eigenvalue weighted by atomic mass is 10.0. The van der Waals surface area contributed by atoms with Crippen molar-refractivity contribution in [3.8, 4) is 0 Å². The van der Waals surface area contributed by atoms with E-state index in [1.807, 2.05) is 61.7 Å². The number of carbonyl (C=O) groups is 1. The standard InChI is InChI=1S/C22H27N3O2/c1-5-18-11-9-10-16(3)22(18)25(15-27-6-2)21(26)14-24-17(4)23-19-12-7-8-13-20(19)24/h7-13H,5-6,14-15H2,1-4H3. The first kappa shape index (κ1) is 19.1. The van der Waals surface area contributed by atoms with E-state index >= 15 is 0 Å². The van der Waals surface area contributed by atoms with E-state index in [1.165, 1.54) is 0 Å². The number of nitrogens with zero attached hydrogens (tertiary/aromatic N) is 3. The average molecular weight is 365 g/mol. The number of imidazole rings is 1. The number of amides is 1. The van der Waals surface area contributed by atoms with Crippen molar-refractivity contribution >= 4 is 22.6 Å². The maximum Gasteiger partial charge on any atom is 0.248 e. The van der Waals surface area contributed by atoms with Crippen molar-refractivity contribution in [2.45, 2.75) is 40.7 Å². The first-order chi connectivity index (χ1) is 13.1. The zero-order valence-corrected chi connectivity index (χ0v) is 16.5. The molecule has 0 aliphatic heterocycles. The molecule has 0 radical (unpaired) electrons. The Morgan fingerprint density at radius 3 is 2.63 bits per heavy atom. The fourth-order valence-corrected chi connectivity index (χ4v) is 3.45. The van der Waals surface area contributed by atoms with Gasteiger partial charge in [0.25, 0.3) is 0 Å². The highest BCUT2D eigenvalue weighted by atomic mass is 16.5. The normalized spacial score (nSPS) is 11.1. The van der Waals surface area contributed by atoms with Gasteiger partial charge in [-0.3, -0.25) is 9.69 Å². The number of carbonyl (C=O) groups excluding carboxylic acids is 1. The maximum absolute atomic E-state index is 13.3. The van der Waals surface area contributed by atoms with E-state index in [1.54, 1.807) is 4.90 Å². The van der Waals surface area contributed by atoms with Crippen molar-refractivity contribution < 1.29 is 9.53 Å². The van der Waals surface area contributed by atoms with Crippen LogP contribution in [0.15, 0.2) is 42.5 Å². The number of anilines is 1. The molecule has 0 saturated heterocycles. The molecule has 27 heavy (non-hydrogen) atoms. The number of ether oxygens (including phenoxy) is 1. The van der Waals surface area contributed by atoms with Crippen LogP contribution < -0.4 is 4.90 Å². The quantitative estimate of drug-likeness (QED) is 0.588. The lowest BCUT2D eigenvalue weighted by Gasteiger charge is -2.27. The highest BCUT2D eigenvalue weighted by Crippen LogP contribution is 2.27. The molecule has 0 aliphatic rings. The van der Waals surface area contributed by atoms with E-state index in [0.717, 1.165) is 40.1 Å². The molecule has 1 heterocycles. The van der Waals surface area contributed by atoms with Crippen LogP contribution in [-0.4, -0.2) is 28.8 Å². The Morgan fingerprint density at radius 2 is 1.89 bits per heavy atom. The number of aromatic nitrogens is 2. The zero-order valence-electron chi connectivity index (χ0n) is 16.5. The van der Waals surface area contributed by atoms with Crippen molar-refractivity contribution in [3.05, 3.63) is 59.4 Å². The van der Waals surface area contributed by atoms with Crippen molar-refractivity contribution in [2.24, 2.45) is 0 Å². The molecule has 142 valence electrons. The highest BCUT2D eigenvalue weighted by Gasteiger charge is 2.22. The zero-order chi connectivity index (χ0) is 19.4. The van der Waals surface area contributed by atoms with Crippen molar-refractivity contribution in [1.29, 1.82) is 0 Å². The van der Waals surface area contributed by atoms with Crippen LogP contribution in [0.2, 0.25) is 0 Å². The van der Waals surface area contributed by atoms with E-state index < -0.39 is 0 Å². The maximum atomic E-state index is 13.3. The largest absolute Gasteiger partial charge is 0.361 e. The van der Waals surface area contributed by atoms with Crippen LogP contribution in [0.4, 0.5) is 5.69 Å². The van der Waals surface area contributed by atoms with Gasteiger partial charge >= 0.3 is 0 Å². The first-order valence-corrected chi connectivity index (χ1v) is 9.45. The minimum atomic E-state index is -0.00120. The molecule has 1 aromatic heterocycles. The summed E-state index contributed by atoms with van der Waals surface area (Å²) in [4.78, 5) is 19.7. The lowest BCUT2D eigenvalue weighted by molar-refractivity contribution is -0.120. The van der Waals surface area contributed by atoms with Gasteiger partial charge in [0.05, 0.1) is 16.7 Å². The van der Waals surface area contributed by atoms with Crippen LogP contribution in [-0.2, 0) is 22.5 Å². The third kappa shape index (κ3) is 3.88. The summed E-state index contributed by atoms with van der Waals surface area (Å²) in [6.45, 7) is 9.06. The van der Waals surface area contributed by atoms with Crippen molar-refractivity contribution in [1.82, 2.24) is 9.55 Å². The molecule has 0 bridgehead atoms. The number of hydrogen-bond acceptors (Lipinski definition) is 3. The molecule has 5 nitrogen and oxygen atoms in total. The molecule has 0 fully saturated rings. The van der Waals surface area contributed by atoms with Crippen LogP contribution in [0.3, 0.4) is 0 Å². The summed E-state index contributed by atoms with van der Waals surface area (Å²) in [5.74, 6) is 0.833. The van der Waals surface area contributed by atoms with Gasteiger partial charge in [-0.15, -0.1) is 0 Å². The fraction of sp³-hybridized carbons (Fsp3) is 0.364. The van der Waals surface area contributed by atoms with Crippen LogP contribution in [0.1, 0.15) is 30.8 Å². The molecular formula is C22H27N3O2. The number of benzene rings is 2. The van der Waals surface area contributed by atoms with Gasteiger partial charge in [0.15, 0.2) is 0 Å². The third-order valence-electron chi connectivity index (χ3n) is 4.84. The summed E-state index contributed by atoms with van der Waals surface area (Å²) in [5.41, 5.74) is 5.06. The van der Waals surface area contributed by atoms with Gasteiger partial charge in [0, 0.05) is 6.61 Å².